The predicted octanol–water partition coefficient (Wildman–Crippen LogP) is 1.95. The molecule has 0 bridgehead atoms. The van der Waals surface area contributed by atoms with E-state index in [0.29, 0.717) is 0 Å². The van der Waals surface area contributed by atoms with Crippen LogP contribution in [0.4, 0.5) is 0 Å². The van der Waals surface area contributed by atoms with Crippen molar-refractivity contribution in [2.75, 3.05) is 17.8 Å². The highest BCUT2D eigenvalue weighted by molar-refractivity contribution is 8.03. The summed E-state index contributed by atoms with van der Waals surface area (Å²) in [5, 5.41) is 10.1. The molecule has 0 unspecified atom stereocenters. The average molecular weight is 147 g/mol. The standard InChI is InChI=1S/C5H9NS2/c1-7-3-2-4-8-5-6/h2-4H2,1H3. The van der Waals surface area contributed by atoms with E-state index in [4.69, 9.17) is 5.26 Å². The second-order valence-corrected chi connectivity index (χ2v) is 3.15. The zero-order valence-electron chi connectivity index (χ0n) is 4.89. The molecular formula is C5H9NS2. The number of hydrogen-bond acceptors (Lipinski definition) is 3. The van der Waals surface area contributed by atoms with Crippen LogP contribution < -0.4 is 0 Å². The Kier molecular flexibility index (Phi) is 7.36. The molecule has 0 aliphatic rings. The Morgan fingerprint density at radius 2 is 2.25 bits per heavy atom. The van der Waals surface area contributed by atoms with E-state index >= 15 is 0 Å². The predicted molar refractivity (Wildman–Crippen MR) is 41.1 cm³/mol. The number of thiocyanates is 1. The van der Waals surface area contributed by atoms with Crippen molar-refractivity contribution < 1.29 is 0 Å². The molecule has 0 saturated heterocycles. The summed E-state index contributed by atoms with van der Waals surface area (Å²) in [5.74, 6) is 2.16. The molecular weight excluding hydrogens is 138 g/mol. The average Bonchev–Trinajstić information content (AvgIpc) is 1.81. The molecule has 0 radical (unpaired) electrons. The van der Waals surface area contributed by atoms with Crippen LogP contribution in [0.1, 0.15) is 6.42 Å². The maximum atomic E-state index is 8.07. The number of nitriles is 1. The first kappa shape index (κ1) is 8.19. The molecule has 0 spiro atoms. The van der Waals surface area contributed by atoms with Gasteiger partial charge in [0, 0.05) is 5.75 Å². The van der Waals surface area contributed by atoms with E-state index in [0.717, 1.165) is 12.2 Å². The molecule has 0 fully saturated rings. The normalized spacial score (nSPS) is 8.50. The molecule has 0 aromatic carbocycles. The highest BCUT2D eigenvalue weighted by Crippen LogP contribution is 2.02. The first-order chi connectivity index (χ1) is 3.91. The van der Waals surface area contributed by atoms with Crippen LogP contribution in [0.25, 0.3) is 0 Å². The Hall–Kier alpha value is 0.190. The number of rotatable bonds is 4. The highest BCUT2D eigenvalue weighted by atomic mass is 32.2. The van der Waals surface area contributed by atoms with E-state index < -0.39 is 0 Å². The van der Waals surface area contributed by atoms with Gasteiger partial charge in [0.15, 0.2) is 0 Å². The van der Waals surface area contributed by atoms with Crippen LogP contribution in [-0.4, -0.2) is 17.8 Å². The largest absolute Gasteiger partial charge is 0.185 e. The zero-order chi connectivity index (χ0) is 6.24. The third-order valence-electron chi connectivity index (χ3n) is 0.659. The number of hydrogen-bond donors (Lipinski definition) is 0. The minimum absolute atomic E-state index is 0.983. The van der Waals surface area contributed by atoms with Crippen LogP contribution in [0.5, 0.6) is 0 Å². The fourth-order valence-electron chi connectivity index (χ4n) is 0.321. The van der Waals surface area contributed by atoms with Gasteiger partial charge in [-0.25, -0.2) is 0 Å². The zero-order valence-corrected chi connectivity index (χ0v) is 6.52. The summed E-state index contributed by atoms with van der Waals surface area (Å²) < 4.78 is 0. The van der Waals surface area contributed by atoms with Gasteiger partial charge < -0.3 is 0 Å². The Morgan fingerprint density at radius 3 is 2.75 bits per heavy atom. The van der Waals surface area contributed by atoms with Gasteiger partial charge >= 0.3 is 0 Å². The summed E-state index contributed by atoms with van der Waals surface area (Å²) in [6, 6.07) is 0. The third-order valence-corrected chi connectivity index (χ3v) is 1.98. The molecule has 1 nitrogen and oxygen atoms in total. The molecule has 0 amide bonds. The minimum atomic E-state index is 0.983. The molecule has 0 aromatic heterocycles. The van der Waals surface area contributed by atoms with Crippen LogP contribution in [-0.2, 0) is 0 Å². The van der Waals surface area contributed by atoms with Gasteiger partial charge in [-0.15, -0.1) is 0 Å². The van der Waals surface area contributed by atoms with E-state index in [1.165, 1.54) is 17.5 Å². The summed E-state index contributed by atoms with van der Waals surface area (Å²) in [4.78, 5) is 0. The van der Waals surface area contributed by atoms with Gasteiger partial charge in [-0.1, -0.05) is 0 Å². The van der Waals surface area contributed by atoms with Crippen LogP contribution in [0, 0.1) is 10.7 Å². The van der Waals surface area contributed by atoms with Crippen molar-refractivity contribution in [1.29, 1.82) is 5.26 Å². The molecule has 3 heteroatoms. The maximum absolute atomic E-state index is 8.07. The first-order valence-corrected chi connectivity index (χ1v) is 4.79. The lowest BCUT2D eigenvalue weighted by atomic mass is 10.6. The van der Waals surface area contributed by atoms with Crippen molar-refractivity contribution in [2.45, 2.75) is 6.42 Å². The van der Waals surface area contributed by atoms with Crippen molar-refractivity contribution >= 4 is 23.5 Å². The third kappa shape index (κ3) is 6.19. The Labute approximate surface area is 58.8 Å². The quantitative estimate of drug-likeness (QED) is 0.448. The molecule has 0 saturated carbocycles. The summed E-state index contributed by atoms with van der Waals surface area (Å²) in [7, 11) is 0. The van der Waals surface area contributed by atoms with Gasteiger partial charge in [-0.05, 0) is 30.2 Å². The lowest BCUT2D eigenvalue weighted by molar-refractivity contribution is 1.13. The minimum Gasteiger partial charge on any atom is -0.185 e. The first-order valence-electron chi connectivity index (χ1n) is 2.41. The SMILES string of the molecule is CSCCCSC#N. The van der Waals surface area contributed by atoms with Gasteiger partial charge in [-0.2, -0.15) is 17.0 Å². The number of thioether (sulfide) groups is 2. The molecule has 0 heterocycles. The molecule has 46 valence electrons. The van der Waals surface area contributed by atoms with Gasteiger partial charge in [-0.3, -0.25) is 0 Å². The fraction of sp³-hybridized carbons (Fsp3) is 0.800. The monoisotopic (exact) mass is 147 g/mol. The summed E-state index contributed by atoms with van der Waals surface area (Å²) in [5.41, 5.74) is 0. The fourth-order valence-corrected chi connectivity index (χ4v) is 1.32. The van der Waals surface area contributed by atoms with Crippen LogP contribution in [0.3, 0.4) is 0 Å². The van der Waals surface area contributed by atoms with E-state index in [1.807, 2.05) is 17.2 Å². The van der Waals surface area contributed by atoms with Crippen molar-refractivity contribution in [3.63, 3.8) is 0 Å². The van der Waals surface area contributed by atoms with Gasteiger partial charge in [0.1, 0.15) is 5.40 Å². The maximum Gasteiger partial charge on any atom is 0.133 e. The van der Waals surface area contributed by atoms with Crippen molar-refractivity contribution in [2.24, 2.45) is 0 Å². The number of nitrogens with zero attached hydrogens (tertiary/aromatic N) is 1. The van der Waals surface area contributed by atoms with Crippen LogP contribution in [0.2, 0.25) is 0 Å². The second-order valence-electron chi connectivity index (χ2n) is 1.29. The lowest BCUT2D eigenvalue weighted by Crippen LogP contribution is -1.79. The van der Waals surface area contributed by atoms with E-state index in [2.05, 4.69) is 6.26 Å². The highest BCUT2D eigenvalue weighted by Gasteiger charge is 1.83. The Balaban J connectivity index is 2.65. The van der Waals surface area contributed by atoms with E-state index in [1.54, 1.807) is 0 Å². The van der Waals surface area contributed by atoms with Gasteiger partial charge in [0.25, 0.3) is 0 Å². The topological polar surface area (TPSA) is 23.8 Å². The molecule has 0 aliphatic heterocycles. The molecule has 0 aromatic rings. The van der Waals surface area contributed by atoms with Crippen molar-refractivity contribution in [3.8, 4) is 5.40 Å². The van der Waals surface area contributed by atoms with Crippen molar-refractivity contribution in [1.82, 2.24) is 0 Å². The summed E-state index contributed by atoms with van der Waals surface area (Å²) in [6.45, 7) is 0. The molecule has 0 rings (SSSR count). The summed E-state index contributed by atoms with van der Waals surface area (Å²) in [6.07, 6.45) is 3.23. The molecule has 0 N–H and O–H groups in total. The second kappa shape index (κ2) is 7.19. The smallest absolute Gasteiger partial charge is 0.133 e. The molecule has 0 aliphatic carbocycles. The van der Waals surface area contributed by atoms with Gasteiger partial charge in [0.05, 0.1) is 0 Å². The Morgan fingerprint density at radius 1 is 1.50 bits per heavy atom. The Bertz CT molecular complexity index is 77.0. The van der Waals surface area contributed by atoms with Crippen LogP contribution in [0.15, 0.2) is 0 Å². The summed E-state index contributed by atoms with van der Waals surface area (Å²) >= 11 is 3.17. The molecule has 8 heavy (non-hydrogen) atoms. The van der Waals surface area contributed by atoms with E-state index in [-0.39, 0.29) is 0 Å². The van der Waals surface area contributed by atoms with Gasteiger partial charge in [0.2, 0.25) is 0 Å². The lowest BCUT2D eigenvalue weighted by Gasteiger charge is -1.89. The van der Waals surface area contributed by atoms with Crippen molar-refractivity contribution in [3.05, 3.63) is 0 Å². The molecule has 0 atom stereocenters. The van der Waals surface area contributed by atoms with E-state index in [9.17, 15) is 0 Å². The van der Waals surface area contributed by atoms with Crippen LogP contribution >= 0.6 is 23.5 Å².